The first kappa shape index (κ1) is 16.6. The number of aliphatic carboxylic acids is 1. The number of carbonyl (C=O) groups excluding carboxylic acids is 1. The monoisotopic (exact) mass is 293 g/mol. The van der Waals surface area contributed by atoms with Crippen molar-refractivity contribution in [3.8, 4) is 0 Å². The van der Waals surface area contributed by atoms with Gasteiger partial charge in [0.2, 0.25) is 0 Å². The number of hydrogen-bond donors (Lipinski definition) is 4. The third-order valence-corrected chi connectivity index (χ3v) is 2.45. The lowest BCUT2D eigenvalue weighted by Crippen LogP contribution is -2.36. The Morgan fingerprint density at radius 3 is 2.24 bits per heavy atom. The molecule has 1 aromatic rings. The van der Waals surface area contributed by atoms with Crippen molar-refractivity contribution in [1.29, 1.82) is 5.41 Å². The van der Waals surface area contributed by atoms with E-state index in [0.717, 1.165) is 0 Å². The lowest BCUT2D eigenvalue weighted by molar-refractivity contribution is -0.138. The van der Waals surface area contributed by atoms with Crippen molar-refractivity contribution >= 4 is 17.9 Å². The van der Waals surface area contributed by atoms with E-state index in [2.05, 4.69) is 5.32 Å². The average Bonchev–Trinajstić information content (AvgIpc) is 2.35. The van der Waals surface area contributed by atoms with Gasteiger partial charge < -0.3 is 15.6 Å². The van der Waals surface area contributed by atoms with E-state index < -0.39 is 23.7 Å². The fourth-order valence-corrected chi connectivity index (χ4v) is 1.48. The van der Waals surface area contributed by atoms with Crippen molar-refractivity contribution in [2.24, 2.45) is 5.73 Å². The molecule has 21 heavy (non-hydrogen) atoms. The van der Waals surface area contributed by atoms with E-state index in [0.29, 0.717) is 11.1 Å². The largest absolute Gasteiger partial charge is 0.480 e. The maximum absolute atomic E-state index is 11.5. The molecule has 0 saturated heterocycles. The summed E-state index contributed by atoms with van der Waals surface area (Å²) in [6.45, 7) is 5.16. The molecule has 0 fully saturated rings. The van der Waals surface area contributed by atoms with Crippen LogP contribution in [0.25, 0.3) is 0 Å². The summed E-state index contributed by atoms with van der Waals surface area (Å²) in [4.78, 5) is 22.3. The number of ether oxygens (including phenoxy) is 1. The van der Waals surface area contributed by atoms with Crippen LogP contribution in [0.4, 0.5) is 4.79 Å². The third-order valence-electron chi connectivity index (χ3n) is 2.45. The van der Waals surface area contributed by atoms with Crippen molar-refractivity contribution in [3.05, 3.63) is 35.4 Å². The summed E-state index contributed by atoms with van der Waals surface area (Å²) in [5.41, 5.74) is 5.65. The van der Waals surface area contributed by atoms with Gasteiger partial charge in [-0.25, -0.2) is 4.79 Å². The fraction of sp³-hybridized carbons (Fsp3) is 0.357. The molecule has 0 heterocycles. The predicted octanol–water partition coefficient (Wildman–Crippen LogP) is 1.62. The Morgan fingerprint density at radius 1 is 1.29 bits per heavy atom. The van der Waals surface area contributed by atoms with Crippen LogP contribution in [0.15, 0.2) is 24.3 Å². The van der Waals surface area contributed by atoms with E-state index in [1.54, 1.807) is 20.8 Å². The van der Waals surface area contributed by atoms with Crippen LogP contribution in [0.5, 0.6) is 0 Å². The number of rotatable bonds is 3. The number of carboxylic acids is 1. The highest BCUT2D eigenvalue weighted by Crippen LogP contribution is 2.12. The Hall–Kier alpha value is -2.41. The zero-order valence-electron chi connectivity index (χ0n) is 12.1. The Morgan fingerprint density at radius 2 is 1.81 bits per heavy atom. The number of alkyl carbamates (subject to hydrolysis) is 1. The quantitative estimate of drug-likeness (QED) is 0.497. The number of hydrogen-bond acceptors (Lipinski definition) is 5. The number of amides is 1. The van der Waals surface area contributed by atoms with Crippen molar-refractivity contribution in [2.75, 3.05) is 0 Å². The minimum atomic E-state index is -1.13. The Labute approximate surface area is 122 Å². The molecule has 0 radical (unpaired) electrons. The van der Waals surface area contributed by atoms with Crippen LogP contribution in [0.3, 0.4) is 0 Å². The molecule has 0 aromatic heterocycles. The third kappa shape index (κ3) is 5.23. The minimum Gasteiger partial charge on any atom is -0.480 e. The van der Waals surface area contributed by atoms with Crippen LogP contribution in [-0.4, -0.2) is 28.6 Å². The zero-order chi connectivity index (χ0) is 16.2. The predicted molar refractivity (Wildman–Crippen MR) is 77.2 cm³/mol. The molecule has 114 valence electrons. The molecule has 0 spiro atoms. The summed E-state index contributed by atoms with van der Waals surface area (Å²) in [6.07, 6.45) is -0.723. The van der Waals surface area contributed by atoms with E-state index in [1.165, 1.54) is 24.3 Å². The second-order valence-corrected chi connectivity index (χ2v) is 5.44. The van der Waals surface area contributed by atoms with Crippen molar-refractivity contribution in [2.45, 2.75) is 32.4 Å². The van der Waals surface area contributed by atoms with Gasteiger partial charge in [-0.2, -0.15) is 0 Å². The van der Waals surface area contributed by atoms with Gasteiger partial charge in [-0.05, 0) is 26.3 Å². The van der Waals surface area contributed by atoms with Crippen LogP contribution >= 0.6 is 0 Å². The normalized spacial score (nSPS) is 12.4. The van der Waals surface area contributed by atoms with Crippen LogP contribution in [-0.2, 0) is 9.53 Å². The number of nitrogens with two attached hydrogens (primary N) is 1. The van der Waals surface area contributed by atoms with Crippen LogP contribution in [0, 0.1) is 5.41 Å². The standard InChI is InChI=1S/C14H19N3O4/c1-14(2,3)21-13(20)17-11(16)9-6-4-8(5-7-9)10(15)12(18)19/h4-7,10H,15H2,1-3H3,(H,18,19)(H2,16,17,20)/t10-/m0/s1. The summed E-state index contributed by atoms with van der Waals surface area (Å²) in [6, 6.07) is 4.90. The van der Waals surface area contributed by atoms with Gasteiger partial charge in [-0.1, -0.05) is 24.3 Å². The Bertz CT molecular complexity index is 546. The summed E-state index contributed by atoms with van der Waals surface area (Å²) in [5, 5.41) is 18.9. The second-order valence-electron chi connectivity index (χ2n) is 5.44. The average molecular weight is 293 g/mol. The number of nitrogens with one attached hydrogen (secondary N) is 2. The van der Waals surface area contributed by atoms with Crippen LogP contribution in [0.2, 0.25) is 0 Å². The van der Waals surface area contributed by atoms with Gasteiger partial charge >= 0.3 is 12.1 Å². The van der Waals surface area contributed by atoms with Gasteiger partial charge in [0.15, 0.2) is 0 Å². The van der Waals surface area contributed by atoms with Gasteiger partial charge in [-0.15, -0.1) is 0 Å². The summed E-state index contributed by atoms with van der Waals surface area (Å²) < 4.78 is 5.03. The Balaban J connectivity index is 2.72. The summed E-state index contributed by atoms with van der Waals surface area (Å²) in [5.74, 6) is -1.27. The molecule has 0 aliphatic rings. The summed E-state index contributed by atoms with van der Waals surface area (Å²) in [7, 11) is 0. The first-order valence-electron chi connectivity index (χ1n) is 6.27. The number of amidine groups is 1. The molecule has 1 aromatic carbocycles. The van der Waals surface area contributed by atoms with Gasteiger partial charge in [-0.3, -0.25) is 15.5 Å². The van der Waals surface area contributed by atoms with Crippen molar-refractivity contribution in [3.63, 3.8) is 0 Å². The van der Waals surface area contributed by atoms with Crippen molar-refractivity contribution < 1.29 is 19.4 Å². The Kier molecular flexibility index (Phi) is 5.04. The molecular weight excluding hydrogens is 274 g/mol. The van der Waals surface area contributed by atoms with Gasteiger partial charge in [0.1, 0.15) is 17.5 Å². The SMILES string of the molecule is CC(C)(C)OC(=O)NC(=N)c1ccc([C@H](N)C(=O)O)cc1. The van der Waals surface area contributed by atoms with Crippen LogP contribution < -0.4 is 11.1 Å². The zero-order valence-corrected chi connectivity index (χ0v) is 12.1. The number of carbonyl (C=O) groups is 2. The van der Waals surface area contributed by atoms with E-state index >= 15 is 0 Å². The van der Waals surface area contributed by atoms with Gasteiger partial charge in [0, 0.05) is 5.56 Å². The molecular formula is C14H19N3O4. The van der Waals surface area contributed by atoms with Crippen molar-refractivity contribution in [1.82, 2.24) is 5.32 Å². The molecule has 7 nitrogen and oxygen atoms in total. The smallest absolute Gasteiger partial charge is 0.413 e. The molecule has 1 rings (SSSR count). The lowest BCUT2D eigenvalue weighted by atomic mass is 10.1. The van der Waals surface area contributed by atoms with E-state index in [4.69, 9.17) is 21.0 Å². The fourth-order valence-electron chi connectivity index (χ4n) is 1.48. The molecule has 0 bridgehead atoms. The highest BCUT2D eigenvalue weighted by molar-refractivity contribution is 6.04. The summed E-state index contributed by atoms with van der Waals surface area (Å²) >= 11 is 0. The van der Waals surface area contributed by atoms with E-state index in [9.17, 15) is 9.59 Å². The molecule has 0 aliphatic carbocycles. The molecule has 7 heteroatoms. The molecule has 0 saturated carbocycles. The molecule has 0 aliphatic heterocycles. The molecule has 5 N–H and O–H groups in total. The second kappa shape index (κ2) is 6.36. The first-order chi connectivity index (χ1) is 9.60. The topological polar surface area (TPSA) is 126 Å². The molecule has 0 unspecified atom stereocenters. The van der Waals surface area contributed by atoms with E-state index in [-0.39, 0.29) is 5.84 Å². The molecule has 1 amide bonds. The molecule has 1 atom stereocenters. The van der Waals surface area contributed by atoms with Crippen LogP contribution in [0.1, 0.15) is 37.9 Å². The first-order valence-corrected chi connectivity index (χ1v) is 6.27. The van der Waals surface area contributed by atoms with Gasteiger partial charge in [0.25, 0.3) is 0 Å². The number of benzene rings is 1. The maximum atomic E-state index is 11.5. The highest BCUT2D eigenvalue weighted by Gasteiger charge is 2.18. The maximum Gasteiger partial charge on any atom is 0.413 e. The highest BCUT2D eigenvalue weighted by atomic mass is 16.6. The van der Waals surface area contributed by atoms with Gasteiger partial charge in [0.05, 0.1) is 0 Å². The minimum absolute atomic E-state index is 0.139. The number of carboxylic acid groups (broad SMARTS) is 1. The van der Waals surface area contributed by atoms with E-state index in [1.807, 2.05) is 0 Å². The lowest BCUT2D eigenvalue weighted by Gasteiger charge is -2.19.